The van der Waals surface area contributed by atoms with Gasteiger partial charge in [0.1, 0.15) is 0 Å². The van der Waals surface area contributed by atoms with Gasteiger partial charge in [0, 0.05) is 24.9 Å². The highest BCUT2D eigenvalue weighted by atomic mass is 16.7. The van der Waals surface area contributed by atoms with E-state index >= 15 is 0 Å². The molecule has 0 aliphatic carbocycles. The maximum Gasteiger partial charge on any atom is 0.494 e. The molecule has 0 bridgehead atoms. The molecule has 4 nitrogen and oxygen atoms in total. The predicted octanol–water partition coefficient (Wildman–Crippen LogP) is 3.03. The molecule has 1 aromatic rings. The standard InChI is InChI=1S/C18H27BN2O2/c1-7-20-12-11-14-13-15(9-10-16(14)21(20)8-2)19-22-17(3,4)18(5,6)23-19/h9-13H,7-8H2,1-6H3. The van der Waals surface area contributed by atoms with Gasteiger partial charge < -0.3 is 9.31 Å². The fourth-order valence-corrected chi connectivity index (χ4v) is 3.08. The second-order valence-corrected chi connectivity index (χ2v) is 7.19. The van der Waals surface area contributed by atoms with Gasteiger partial charge in [0.2, 0.25) is 0 Å². The van der Waals surface area contributed by atoms with Crippen LogP contribution in [0.15, 0.2) is 24.4 Å². The van der Waals surface area contributed by atoms with Crippen molar-refractivity contribution in [3.63, 3.8) is 0 Å². The smallest absolute Gasteiger partial charge is 0.399 e. The van der Waals surface area contributed by atoms with Crippen molar-refractivity contribution < 1.29 is 9.31 Å². The van der Waals surface area contributed by atoms with E-state index in [1.165, 1.54) is 11.3 Å². The minimum absolute atomic E-state index is 0.307. The third-order valence-corrected chi connectivity index (χ3v) is 5.21. The molecule has 1 saturated heterocycles. The van der Waals surface area contributed by atoms with Crippen LogP contribution in [-0.4, -0.2) is 36.4 Å². The van der Waals surface area contributed by atoms with Gasteiger partial charge in [-0.1, -0.05) is 12.1 Å². The quantitative estimate of drug-likeness (QED) is 0.801. The molecule has 124 valence electrons. The molecule has 1 fully saturated rings. The molecule has 3 rings (SSSR count). The van der Waals surface area contributed by atoms with Crippen molar-refractivity contribution in [3.8, 4) is 0 Å². The Morgan fingerprint density at radius 1 is 1.00 bits per heavy atom. The maximum atomic E-state index is 6.17. The van der Waals surface area contributed by atoms with Crippen molar-refractivity contribution in [2.24, 2.45) is 0 Å². The Bertz CT molecular complexity index is 611. The Hall–Kier alpha value is -1.46. The van der Waals surface area contributed by atoms with Crippen LogP contribution in [-0.2, 0) is 9.31 Å². The Morgan fingerprint density at radius 2 is 1.65 bits per heavy atom. The van der Waals surface area contributed by atoms with Crippen molar-refractivity contribution in [1.82, 2.24) is 5.01 Å². The van der Waals surface area contributed by atoms with Crippen molar-refractivity contribution in [1.29, 1.82) is 0 Å². The Morgan fingerprint density at radius 3 is 2.22 bits per heavy atom. The Labute approximate surface area is 140 Å². The molecule has 0 spiro atoms. The highest BCUT2D eigenvalue weighted by Crippen LogP contribution is 2.37. The zero-order valence-corrected chi connectivity index (χ0v) is 15.1. The fourth-order valence-electron chi connectivity index (χ4n) is 3.08. The lowest BCUT2D eigenvalue weighted by atomic mass is 9.78. The highest BCUT2D eigenvalue weighted by Gasteiger charge is 2.51. The van der Waals surface area contributed by atoms with E-state index < -0.39 is 0 Å². The zero-order chi connectivity index (χ0) is 16.8. The lowest BCUT2D eigenvalue weighted by Crippen LogP contribution is -2.41. The van der Waals surface area contributed by atoms with Gasteiger partial charge in [-0.15, -0.1) is 0 Å². The number of benzene rings is 1. The normalized spacial score (nSPS) is 21.7. The summed E-state index contributed by atoms with van der Waals surface area (Å²) in [6.45, 7) is 14.6. The second kappa shape index (κ2) is 5.57. The number of hydrogen-bond donors (Lipinski definition) is 0. The topological polar surface area (TPSA) is 24.9 Å². The molecule has 0 amide bonds. The monoisotopic (exact) mass is 314 g/mol. The molecule has 0 unspecified atom stereocenters. The van der Waals surface area contributed by atoms with Crippen LogP contribution in [0, 0.1) is 0 Å². The summed E-state index contributed by atoms with van der Waals surface area (Å²) >= 11 is 0. The van der Waals surface area contributed by atoms with E-state index in [0.717, 1.165) is 18.6 Å². The van der Waals surface area contributed by atoms with Crippen LogP contribution >= 0.6 is 0 Å². The van der Waals surface area contributed by atoms with Crippen LogP contribution < -0.4 is 10.5 Å². The molecular formula is C18H27BN2O2. The van der Waals surface area contributed by atoms with Gasteiger partial charge in [-0.25, -0.2) is 0 Å². The molecule has 1 aromatic carbocycles. The van der Waals surface area contributed by atoms with E-state index in [1.54, 1.807) is 0 Å². The summed E-state index contributed by atoms with van der Waals surface area (Å²) in [4.78, 5) is 0. The molecule has 0 aromatic heterocycles. The molecule has 2 aliphatic rings. The third-order valence-electron chi connectivity index (χ3n) is 5.21. The third kappa shape index (κ3) is 2.66. The van der Waals surface area contributed by atoms with Crippen LogP contribution in [0.5, 0.6) is 0 Å². The number of hydrazine groups is 1. The number of fused-ring (bicyclic) bond motifs is 1. The van der Waals surface area contributed by atoms with Gasteiger partial charge in [-0.05, 0) is 59.1 Å². The Balaban J connectivity index is 1.91. The van der Waals surface area contributed by atoms with E-state index in [4.69, 9.17) is 9.31 Å². The van der Waals surface area contributed by atoms with Gasteiger partial charge in [-0.2, -0.15) is 0 Å². The van der Waals surface area contributed by atoms with Gasteiger partial charge in [0.05, 0.1) is 16.9 Å². The summed E-state index contributed by atoms with van der Waals surface area (Å²) < 4.78 is 12.3. The van der Waals surface area contributed by atoms with Crippen LogP contribution in [0.4, 0.5) is 5.69 Å². The van der Waals surface area contributed by atoms with Crippen molar-refractivity contribution in [2.75, 3.05) is 18.1 Å². The molecule has 0 radical (unpaired) electrons. The van der Waals surface area contributed by atoms with Gasteiger partial charge in [0.15, 0.2) is 0 Å². The van der Waals surface area contributed by atoms with Crippen molar-refractivity contribution >= 4 is 24.3 Å². The van der Waals surface area contributed by atoms with Gasteiger partial charge in [0.25, 0.3) is 0 Å². The van der Waals surface area contributed by atoms with Crippen LogP contribution in [0.2, 0.25) is 0 Å². The number of rotatable bonds is 3. The fraction of sp³-hybridized carbons (Fsp3) is 0.556. The van der Waals surface area contributed by atoms with Crippen molar-refractivity contribution in [2.45, 2.75) is 52.7 Å². The summed E-state index contributed by atoms with van der Waals surface area (Å²) in [5.41, 5.74) is 2.91. The summed E-state index contributed by atoms with van der Waals surface area (Å²) in [5.74, 6) is 0. The van der Waals surface area contributed by atoms with E-state index in [-0.39, 0.29) is 18.3 Å². The van der Waals surface area contributed by atoms with Crippen molar-refractivity contribution in [3.05, 3.63) is 30.0 Å². The van der Waals surface area contributed by atoms with Gasteiger partial charge >= 0.3 is 7.12 Å². The largest absolute Gasteiger partial charge is 0.494 e. The lowest BCUT2D eigenvalue weighted by molar-refractivity contribution is 0.00578. The van der Waals surface area contributed by atoms with Crippen LogP contribution in [0.1, 0.15) is 47.1 Å². The van der Waals surface area contributed by atoms with Crippen LogP contribution in [0.25, 0.3) is 6.08 Å². The molecule has 0 saturated carbocycles. The minimum Gasteiger partial charge on any atom is -0.399 e. The average molecular weight is 314 g/mol. The molecule has 0 N–H and O–H groups in total. The SMILES string of the molecule is CCN1C=Cc2cc(B3OC(C)(C)C(C)(C)O3)ccc2N1CC. The molecule has 2 heterocycles. The lowest BCUT2D eigenvalue weighted by Gasteiger charge is -2.38. The summed E-state index contributed by atoms with van der Waals surface area (Å²) in [5, 5.41) is 4.53. The second-order valence-electron chi connectivity index (χ2n) is 7.19. The van der Waals surface area contributed by atoms with Gasteiger partial charge in [-0.3, -0.25) is 10.0 Å². The first-order chi connectivity index (χ1) is 10.8. The summed E-state index contributed by atoms with van der Waals surface area (Å²) in [6.07, 6.45) is 4.31. The first kappa shape index (κ1) is 16.4. The number of anilines is 1. The molecule has 0 atom stereocenters. The Kier molecular flexibility index (Phi) is 3.97. The minimum atomic E-state index is -0.308. The molecule has 2 aliphatic heterocycles. The van der Waals surface area contributed by atoms with Crippen LogP contribution in [0.3, 0.4) is 0 Å². The number of nitrogens with zero attached hydrogens (tertiary/aromatic N) is 2. The van der Waals surface area contributed by atoms with E-state index in [9.17, 15) is 0 Å². The molecule has 23 heavy (non-hydrogen) atoms. The predicted molar refractivity (Wildman–Crippen MR) is 96.6 cm³/mol. The zero-order valence-electron chi connectivity index (χ0n) is 15.1. The molecule has 5 heteroatoms. The van der Waals surface area contributed by atoms with E-state index in [2.05, 4.69) is 82.0 Å². The molecular weight excluding hydrogens is 287 g/mol. The maximum absolute atomic E-state index is 6.17. The van der Waals surface area contributed by atoms with E-state index in [0.29, 0.717) is 0 Å². The summed E-state index contributed by atoms with van der Waals surface area (Å²) in [7, 11) is -0.307. The highest BCUT2D eigenvalue weighted by molar-refractivity contribution is 6.62. The first-order valence-electron chi connectivity index (χ1n) is 8.51. The summed E-state index contributed by atoms with van der Waals surface area (Å²) in [6, 6.07) is 6.48. The first-order valence-corrected chi connectivity index (χ1v) is 8.51. The number of hydrogen-bond acceptors (Lipinski definition) is 4. The van der Waals surface area contributed by atoms with E-state index in [1.807, 2.05) is 0 Å². The average Bonchev–Trinajstić information content (AvgIpc) is 2.73.